The molecule has 4 rings (SSSR count). The van der Waals surface area contributed by atoms with E-state index in [9.17, 15) is 9.59 Å². The van der Waals surface area contributed by atoms with Gasteiger partial charge in [0.2, 0.25) is 0 Å². The topological polar surface area (TPSA) is 125 Å². The van der Waals surface area contributed by atoms with Gasteiger partial charge in [-0.1, -0.05) is 38.1 Å². The van der Waals surface area contributed by atoms with Crippen LogP contribution in [0.5, 0.6) is 0 Å². The van der Waals surface area contributed by atoms with Gasteiger partial charge in [0.1, 0.15) is 11.3 Å². The fraction of sp³-hybridized carbons (Fsp3) is 0.385. The molecule has 0 fully saturated rings. The van der Waals surface area contributed by atoms with Crippen LogP contribution >= 0.6 is 15.9 Å². The van der Waals surface area contributed by atoms with Crippen LogP contribution in [0.2, 0.25) is 0 Å². The van der Waals surface area contributed by atoms with Gasteiger partial charge < -0.3 is 14.6 Å². The summed E-state index contributed by atoms with van der Waals surface area (Å²) in [5.74, 6) is -0.0433. The Kier molecular flexibility index (Phi) is 6.93. The average molecular weight is 569 g/mol. The number of benzene rings is 1. The first-order valence-electron chi connectivity index (χ1n) is 11.7. The molecule has 0 spiro atoms. The number of nitrogens with zero attached hydrogens (tertiary/aromatic N) is 5. The first-order chi connectivity index (χ1) is 17.2. The van der Waals surface area contributed by atoms with Gasteiger partial charge in [-0.2, -0.15) is 10.1 Å². The molecule has 0 radical (unpaired) electrons. The van der Waals surface area contributed by atoms with Gasteiger partial charge in [-0.15, -0.1) is 4.68 Å². The summed E-state index contributed by atoms with van der Waals surface area (Å²) >= 11 is 3.45. The number of amides is 1. The van der Waals surface area contributed by atoms with Gasteiger partial charge in [0.15, 0.2) is 11.5 Å². The minimum atomic E-state index is -0.677. The predicted molar refractivity (Wildman–Crippen MR) is 141 cm³/mol. The van der Waals surface area contributed by atoms with Crippen molar-refractivity contribution in [2.24, 2.45) is 0 Å². The van der Waals surface area contributed by atoms with E-state index in [-0.39, 0.29) is 17.9 Å². The monoisotopic (exact) mass is 568 g/mol. The van der Waals surface area contributed by atoms with Crippen LogP contribution in [-0.2, 0) is 16.7 Å². The summed E-state index contributed by atoms with van der Waals surface area (Å²) < 4.78 is 12.6. The number of aryl methyl sites for hydroxylation is 1. The molecule has 3 aromatic heterocycles. The summed E-state index contributed by atoms with van der Waals surface area (Å²) in [4.78, 5) is 33.9. The number of nitrogens with one attached hydrogen (secondary N) is 1. The molecule has 194 valence electrons. The number of rotatable bonds is 4. The third kappa shape index (κ3) is 5.87. The molecule has 0 aliphatic carbocycles. The lowest BCUT2D eigenvalue weighted by atomic mass is 9.96. The Morgan fingerprint density at radius 3 is 2.49 bits per heavy atom. The van der Waals surface area contributed by atoms with Crippen molar-refractivity contribution in [3.8, 4) is 11.3 Å². The molecule has 0 atom stereocenters. The van der Waals surface area contributed by atoms with Crippen molar-refractivity contribution in [3.63, 3.8) is 0 Å². The minimum absolute atomic E-state index is 0.0728. The average Bonchev–Trinajstić information content (AvgIpc) is 3.42. The van der Waals surface area contributed by atoms with Gasteiger partial charge in [0.25, 0.3) is 0 Å². The van der Waals surface area contributed by atoms with E-state index in [4.69, 9.17) is 9.26 Å². The maximum Gasteiger partial charge on any atom is 0.437 e. The van der Waals surface area contributed by atoms with Crippen molar-refractivity contribution in [1.82, 2.24) is 30.2 Å². The normalized spacial score (nSPS) is 12.1. The molecule has 1 N–H and O–H groups in total. The molecule has 11 heteroatoms. The van der Waals surface area contributed by atoms with Crippen molar-refractivity contribution in [1.29, 1.82) is 0 Å². The lowest BCUT2D eigenvalue weighted by molar-refractivity contribution is 0.0522. The van der Waals surface area contributed by atoms with Crippen LogP contribution in [0.25, 0.3) is 22.3 Å². The van der Waals surface area contributed by atoms with Crippen LogP contribution in [0.15, 0.2) is 39.5 Å². The Morgan fingerprint density at radius 2 is 1.86 bits per heavy atom. The third-order valence-electron chi connectivity index (χ3n) is 5.40. The van der Waals surface area contributed by atoms with Crippen LogP contribution in [0.3, 0.4) is 0 Å². The lowest BCUT2D eigenvalue weighted by Gasteiger charge is -2.18. The molecule has 0 bridgehead atoms. The first-order valence-corrected chi connectivity index (χ1v) is 12.5. The molecule has 1 aromatic carbocycles. The van der Waals surface area contributed by atoms with E-state index in [1.165, 1.54) is 4.68 Å². The number of aromatic nitrogens is 5. The number of fused-ring (bicyclic) bond motifs is 1. The largest absolute Gasteiger partial charge is 0.442 e. The summed E-state index contributed by atoms with van der Waals surface area (Å²) in [5.41, 5.74) is 2.63. The summed E-state index contributed by atoms with van der Waals surface area (Å²) in [6.07, 6.45) is 1.00. The number of pyridine rings is 1. The zero-order valence-corrected chi connectivity index (χ0v) is 23.4. The van der Waals surface area contributed by atoms with E-state index >= 15 is 0 Å². The standard InChI is InChI=1S/C26H29BrN6O4/c1-14-10-15(8-9-16(14)12-29-21(34)22-30-23(32-37-22)25(2,3)4)19-18-11-17(27)13-28-20(18)33(31-19)24(35)36-26(5,6)7/h8-11,13H,12H2,1-7H3,(H,29,34). The second-order valence-corrected chi connectivity index (χ2v) is 11.7. The van der Waals surface area contributed by atoms with Crippen molar-refractivity contribution >= 4 is 39.0 Å². The second-order valence-electron chi connectivity index (χ2n) is 10.8. The van der Waals surface area contributed by atoms with Crippen LogP contribution in [0, 0.1) is 6.92 Å². The number of ether oxygens (including phenoxy) is 1. The molecule has 0 aliphatic rings. The van der Waals surface area contributed by atoms with Gasteiger partial charge in [-0.3, -0.25) is 4.79 Å². The van der Waals surface area contributed by atoms with Crippen molar-refractivity contribution in [2.45, 2.75) is 66.0 Å². The van der Waals surface area contributed by atoms with Crippen LogP contribution < -0.4 is 5.32 Å². The zero-order chi connectivity index (χ0) is 27.1. The van der Waals surface area contributed by atoms with Gasteiger partial charge in [-0.25, -0.2) is 9.78 Å². The van der Waals surface area contributed by atoms with E-state index in [2.05, 4.69) is 41.5 Å². The molecular weight excluding hydrogens is 540 g/mol. The van der Waals surface area contributed by atoms with Crippen molar-refractivity contribution in [3.05, 3.63) is 57.8 Å². The number of hydrogen-bond acceptors (Lipinski definition) is 8. The molecule has 0 unspecified atom stereocenters. The number of halogens is 1. The third-order valence-corrected chi connectivity index (χ3v) is 5.84. The number of carbonyl (C=O) groups is 2. The Balaban J connectivity index is 1.59. The second kappa shape index (κ2) is 9.70. The van der Waals surface area contributed by atoms with E-state index in [0.717, 1.165) is 21.2 Å². The summed E-state index contributed by atoms with van der Waals surface area (Å²) in [7, 11) is 0. The molecule has 0 saturated carbocycles. The fourth-order valence-electron chi connectivity index (χ4n) is 3.53. The van der Waals surface area contributed by atoms with Gasteiger partial charge in [-0.05, 0) is 66.9 Å². The molecule has 0 aliphatic heterocycles. The van der Waals surface area contributed by atoms with E-state index < -0.39 is 17.6 Å². The summed E-state index contributed by atoms with van der Waals surface area (Å²) in [6.45, 7) is 13.4. The highest BCUT2D eigenvalue weighted by atomic mass is 79.9. The highest BCUT2D eigenvalue weighted by molar-refractivity contribution is 9.10. The number of hydrogen-bond donors (Lipinski definition) is 1. The molecule has 10 nitrogen and oxygen atoms in total. The van der Waals surface area contributed by atoms with Crippen LogP contribution in [0.1, 0.15) is 69.2 Å². The minimum Gasteiger partial charge on any atom is -0.442 e. The van der Waals surface area contributed by atoms with E-state index in [1.54, 1.807) is 27.0 Å². The highest BCUT2D eigenvalue weighted by Crippen LogP contribution is 2.31. The van der Waals surface area contributed by atoms with E-state index in [1.807, 2.05) is 52.0 Å². The van der Waals surface area contributed by atoms with E-state index in [0.29, 0.717) is 22.6 Å². The smallest absolute Gasteiger partial charge is 0.437 e. The molecular formula is C26H29BrN6O4. The number of carbonyl (C=O) groups excluding carboxylic acids is 2. The highest BCUT2D eigenvalue weighted by Gasteiger charge is 2.25. The molecule has 4 aromatic rings. The zero-order valence-electron chi connectivity index (χ0n) is 21.8. The Hall–Kier alpha value is -3.60. The quantitative estimate of drug-likeness (QED) is 0.339. The summed E-state index contributed by atoms with van der Waals surface area (Å²) in [5, 5.41) is 12.0. The molecule has 0 saturated heterocycles. The lowest BCUT2D eigenvalue weighted by Crippen LogP contribution is -2.27. The van der Waals surface area contributed by atoms with Crippen LogP contribution in [-0.4, -0.2) is 42.5 Å². The van der Waals surface area contributed by atoms with Crippen molar-refractivity contribution < 1.29 is 18.8 Å². The summed E-state index contributed by atoms with van der Waals surface area (Å²) in [6, 6.07) is 7.61. The van der Waals surface area contributed by atoms with Gasteiger partial charge in [0.05, 0.1) is 0 Å². The molecule has 1 amide bonds. The molecule has 37 heavy (non-hydrogen) atoms. The maximum absolute atomic E-state index is 12.8. The Labute approximate surface area is 222 Å². The Morgan fingerprint density at radius 1 is 1.14 bits per heavy atom. The maximum atomic E-state index is 12.8. The fourth-order valence-corrected chi connectivity index (χ4v) is 3.87. The predicted octanol–water partition coefficient (Wildman–Crippen LogP) is 5.56. The van der Waals surface area contributed by atoms with Crippen LogP contribution in [0.4, 0.5) is 4.79 Å². The molecule has 3 heterocycles. The Bertz CT molecular complexity index is 1490. The first kappa shape index (κ1) is 26.5. The SMILES string of the molecule is Cc1cc(-c2nn(C(=O)OC(C)(C)C)c3ncc(Br)cc23)ccc1CNC(=O)c1nc(C(C)(C)C)no1. The van der Waals surface area contributed by atoms with Gasteiger partial charge in [0, 0.05) is 33.6 Å². The van der Waals surface area contributed by atoms with Gasteiger partial charge >= 0.3 is 17.9 Å². The van der Waals surface area contributed by atoms with Crippen molar-refractivity contribution in [2.75, 3.05) is 0 Å².